The molecule has 4 amide bonds. The van der Waals surface area contributed by atoms with Crippen molar-refractivity contribution in [1.29, 1.82) is 0 Å². The number of methoxy groups -OCH3 is 1. The average molecular weight is 473 g/mol. The summed E-state index contributed by atoms with van der Waals surface area (Å²) in [6.07, 6.45) is 0. The van der Waals surface area contributed by atoms with E-state index in [1.807, 2.05) is 0 Å². The lowest BCUT2D eigenvalue weighted by atomic mass is 10.3. The number of urea groups is 1. The number of amides is 4. The molecule has 0 spiro atoms. The number of hydrogen-bond acceptors (Lipinski definition) is 8. The maximum atomic E-state index is 12.1. The molecule has 3 aromatic rings. The molecule has 0 aliphatic carbocycles. The van der Waals surface area contributed by atoms with E-state index < -0.39 is 6.03 Å². The molecule has 0 aliphatic heterocycles. The molecule has 32 heavy (non-hydrogen) atoms. The summed E-state index contributed by atoms with van der Waals surface area (Å²) in [6, 6.07) is 13.2. The Bertz CT molecular complexity index is 1090. The van der Waals surface area contributed by atoms with Crippen LogP contribution in [0.15, 0.2) is 52.9 Å². The normalized spacial score (nSPS) is 10.2. The molecular formula is C20H20N6O4S2. The number of carbonyl (C=O) groups excluding carboxylic acids is 3. The van der Waals surface area contributed by atoms with E-state index in [0.29, 0.717) is 32.3 Å². The molecule has 4 N–H and O–H groups in total. The fourth-order valence-electron chi connectivity index (χ4n) is 2.42. The summed E-state index contributed by atoms with van der Waals surface area (Å²) in [5, 5.41) is 18.9. The fourth-order valence-corrected chi connectivity index (χ4v) is 3.96. The third-order valence-electron chi connectivity index (χ3n) is 3.79. The lowest BCUT2D eigenvalue weighted by molar-refractivity contribution is -0.114. The predicted octanol–water partition coefficient (Wildman–Crippen LogP) is 3.88. The molecule has 1 aromatic heterocycles. The van der Waals surface area contributed by atoms with Gasteiger partial charge in [0.1, 0.15) is 5.75 Å². The third kappa shape index (κ3) is 7.25. The molecule has 2 aromatic carbocycles. The van der Waals surface area contributed by atoms with Gasteiger partial charge in [0.15, 0.2) is 4.34 Å². The Morgan fingerprint density at radius 3 is 2.09 bits per heavy atom. The summed E-state index contributed by atoms with van der Waals surface area (Å²) in [6.45, 7) is 1.43. The van der Waals surface area contributed by atoms with Crippen LogP contribution < -0.4 is 26.0 Å². The number of nitrogens with one attached hydrogen (secondary N) is 4. The third-order valence-corrected chi connectivity index (χ3v) is 5.76. The fraction of sp³-hybridized carbons (Fsp3) is 0.150. The van der Waals surface area contributed by atoms with Gasteiger partial charge >= 0.3 is 6.03 Å². The quantitative estimate of drug-likeness (QED) is 0.289. The van der Waals surface area contributed by atoms with Crippen LogP contribution in [0, 0.1) is 0 Å². The summed E-state index contributed by atoms with van der Waals surface area (Å²) in [5.41, 5.74) is 1.86. The van der Waals surface area contributed by atoms with Gasteiger partial charge in [-0.2, -0.15) is 0 Å². The monoisotopic (exact) mass is 472 g/mol. The van der Waals surface area contributed by atoms with Crippen molar-refractivity contribution in [3.8, 4) is 5.75 Å². The van der Waals surface area contributed by atoms with Crippen LogP contribution in [0.5, 0.6) is 5.75 Å². The van der Waals surface area contributed by atoms with Gasteiger partial charge in [0.25, 0.3) is 0 Å². The largest absolute Gasteiger partial charge is 0.497 e. The van der Waals surface area contributed by atoms with E-state index in [0.717, 1.165) is 11.3 Å². The molecule has 3 rings (SSSR count). The van der Waals surface area contributed by atoms with E-state index in [-0.39, 0.29) is 17.6 Å². The first-order chi connectivity index (χ1) is 15.4. The zero-order valence-corrected chi connectivity index (χ0v) is 18.8. The van der Waals surface area contributed by atoms with Gasteiger partial charge in [0.2, 0.25) is 16.9 Å². The summed E-state index contributed by atoms with van der Waals surface area (Å²) in [5.74, 6) is 0.430. The van der Waals surface area contributed by atoms with E-state index in [1.165, 1.54) is 18.7 Å². The smallest absolute Gasteiger partial charge is 0.325 e. The van der Waals surface area contributed by atoms with Crippen molar-refractivity contribution in [2.24, 2.45) is 0 Å². The Labute approximate surface area is 192 Å². The molecule has 0 saturated heterocycles. The van der Waals surface area contributed by atoms with Crippen LogP contribution in [0.25, 0.3) is 0 Å². The van der Waals surface area contributed by atoms with Gasteiger partial charge < -0.3 is 20.7 Å². The molecule has 1 heterocycles. The SMILES string of the molecule is COc1ccc(NC(=O)Nc2nnc(SCC(=O)Nc3ccc(NC(C)=O)cc3)s2)cc1. The number of ether oxygens (including phenoxy) is 1. The van der Waals surface area contributed by atoms with Crippen molar-refractivity contribution >= 4 is 63.1 Å². The highest BCUT2D eigenvalue weighted by molar-refractivity contribution is 8.01. The highest BCUT2D eigenvalue weighted by atomic mass is 32.2. The average Bonchev–Trinajstić information content (AvgIpc) is 3.21. The van der Waals surface area contributed by atoms with E-state index in [2.05, 4.69) is 31.5 Å². The molecule has 0 bridgehead atoms. The first kappa shape index (κ1) is 23.0. The first-order valence-corrected chi connectivity index (χ1v) is 11.1. The Morgan fingerprint density at radius 2 is 1.47 bits per heavy atom. The summed E-state index contributed by atoms with van der Waals surface area (Å²) < 4.78 is 5.62. The number of benzene rings is 2. The Balaban J connectivity index is 1.43. The zero-order valence-electron chi connectivity index (χ0n) is 17.2. The summed E-state index contributed by atoms with van der Waals surface area (Å²) >= 11 is 2.37. The van der Waals surface area contributed by atoms with E-state index in [4.69, 9.17) is 4.74 Å². The Morgan fingerprint density at radius 1 is 0.875 bits per heavy atom. The van der Waals surface area contributed by atoms with Gasteiger partial charge in [-0.3, -0.25) is 14.9 Å². The van der Waals surface area contributed by atoms with Gasteiger partial charge in [-0.1, -0.05) is 23.1 Å². The second-order valence-corrected chi connectivity index (χ2v) is 8.48. The van der Waals surface area contributed by atoms with Gasteiger partial charge in [0, 0.05) is 24.0 Å². The van der Waals surface area contributed by atoms with Gasteiger partial charge in [-0.15, -0.1) is 10.2 Å². The summed E-state index contributed by atoms with van der Waals surface area (Å²) in [4.78, 5) is 35.3. The molecule has 0 radical (unpaired) electrons. The number of thioether (sulfide) groups is 1. The molecule has 12 heteroatoms. The molecule has 0 aliphatic rings. The second-order valence-electron chi connectivity index (χ2n) is 6.28. The Kier molecular flexibility index (Phi) is 8.00. The number of nitrogens with zero attached hydrogens (tertiary/aromatic N) is 2. The molecule has 10 nitrogen and oxygen atoms in total. The minimum Gasteiger partial charge on any atom is -0.497 e. The van der Waals surface area contributed by atoms with Crippen molar-refractivity contribution in [3.63, 3.8) is 0 Å². The topological polar surface area (TPSA) is 134 Å². The van der Waals surface area contributed by atoms with Crippen LogP contribution in [0.4, 0.5) is 27.0 Å². The minimum absolute atomic E-state index is 0.125. The Hall–Kier alpha value is -3.64. The highest BCUT2D eigenvalue weighted by Gasteiger charge is 2.11. The van der Waals surface area contributed by atoms with Crippen LogP contribution in [-0.2, 0) is 9.59 Å². The van der Waals surface area contributed by atoms with Gasteiger partial charge in [-0.25, -0.2) is 4.79 Å². The van der Waals surface area contributed by atoms with Crippen molar-refractivity contribution < 1.29 is 19.1 Å². The van der Waals surface area contributed by atoms with Crippen LogP contribution in [0.1, 0.15) is 6.92 Å². The minimum atomic E-state index is -0.455. The molecule has 0 atom stereocenters. The molecule has 0 fully saturated rings. The van der Waals surface area contributed by atoms with Crippen molar-refractivity contribution in [3.05, 3.63) is 48.5 Å². The van der Waals surface area contributed by atoms with Crippen LogP contribution in [0.2, 0.25) is 0 Å². The second kappa shape index (κ2) is 11.1. The maximum Gasteiger partial charge on any atom is 0.325 e. The first-order valence-electron chi connectivity index (χ1n) is 9.27. The number of hydrogen-bond donors (Lipinski definition) is 4. The molecule has 0 saturated carbocycles. The van der Waals surface area contributed by atoms with E-state index >= 15 is 0 Å². The molecule has 0 unspecified atom stereocenters. The van der Waals surface area contributed by atoms with Crippen LogP contribution >= 0.6 is 23.1 Å². The number of rotatable bonds is 8. The van der Waals surface area contributed by atoms with E-state index in [9.17, 15) is 14.4 Å². The van der Waals surface area contributed by atoms with Crippen molar-refractivity contribution in [2.75, 3.05) is 34.1 Å². The van der Waals surface area contributed by atoms with Crippen molar-refractivity contribution in [1.82, 2.24) is 10.2 Å². The summed E-state index contributed by atoms with van der Waals surface area (Å²) in [7, 11) is 1.57. The van der Waals surface area contributed by atoms with Crippen molar-refractivity contribution in [2.45, 2.75) is 11.3 Å². The number of aromatic nitrogens is 2. The number of carbonyl (C=O) groups is 3. The lowest BCUT2D eigenvalue weighted by Gasteiger charge is -2.06. The van der Waals surface area contributed by atoms with Gasteiger partial charge in [0.05, 0.1) is 12.9 Å². The van der Waals surface area contributed by atoms with Crippen LogP contribution in [-0.4, -0.2) is 40.9 Å². The number of anilines is 4. The highest BCUT2D eigenvalue weighted by Crippen LogP contribution is 2.26. The lowest BCUT2D eigenvalue weighted by Crippen LogP contribution is -2.19. The zero-order chi connectivity index (χ0) is 22.9. The van der Waals surface area contributed by atoms with Crippen LogP contribution in [0.3, 0.4) is 0 Å². The predicted molar refractivity (Wildman–Crippen MR) is 126 cm³/mol. The molecule has 166 valence electrons. The van der Waals surface area contributed by atoms with Gasteiger partial charge in [-0.05, 0) is 48.5 Å². The maximum absolute atomic E-state index is 12.1. The molecular weight excluding hydrogens is 452 g/mol. The standard InChI is InChI=1S/C20H20N6O4S2/c1-12(27)21-13-3-5-14(6-4-13)22-17(28)11-31-20-26-25-19(32-20)24-18(29)23-15-7-9-16(30-2)10-8-15/h3-10H,11H2,1-2H3,(H,21,27)(H,22,28)(H2,23,24,25,29). The van der Waals surface area contributed by atoms with E-state index in [1.54, 1.807) is 55.6 Å².